The molecule has 0 bridgehead atoms. The highest BCUT2D eigenvalue weighted by molar-refractivity contribution is 5.49. The summed E-state index contributed by atoms with van der Waals surface area (Å²) < 4.78 is 13.2. The minimum atomic E-state index is -0.189. The molecule has 76 valence electrons. The van der Waals surface area contributed by atoms with Crippen molar-refractivity contribution in [3.8, 4) is 0 Å². The van der Waals surface area contributed by atoms with Gasteiger partial charge in [0.25, 0.3) is 0 Å². The molecule has 0 N–H and O–H groups in total. The molecule has 14 heavy (non-hydrogen) atoms. The Morgan fingerprint density at radius 1 is 1.43 bits per heavy atom. The van der Waals surface area contributed by atoms with Crippen molar-refractivity contribution in [1.82, 2.24) is 4.90 Å². The van der Waals surface area contributed by atoms with E-state index in [-0.39, 0.29) is 5.82 Å². The Morgan fingerprint density at radius 3 is 2.79 bits per heavy atom. The molecule has 3 heteroatoms. The molecule has 0 spiro atoms. The molecule has 0 aromatic heterocycles. The summed E-state index contributed by atoms with van der Waals surface area (Å²) in [7, 11) is 1.87. The van der Waals surface area contributed by atoms with Crippen LogP contribution in [-0.4, -0.2) is 24.8 Å². The van der Waals surface area contributed by atoms with Crippen molar-refractivity contribution in [2.24, 2.45) is 0 Å². The van der Waals surface area contributed by atoms with Gasteiger partial charge in [-0.1, -0.05) is 18.2 Å². The molecule has 0 aliphatic heterocycles. The second-order valence-electron chi connectivity index (χ2n) is 3.28. The summed E-state index contributed by atoms with van der Waals surface area (Å²) in [6.07, 6.45) is 1.36. The Labute approximate surface area is 83.3 Å². The molecule has 0 aliphatic carbocycles. The third-order valence-corrected chi connectivity index (χ3v) is 2.03. The standard InChI is InChI=1S/C11H14FNO/c1-13(7-4-8-14)9-10-5-2-3-6-11(10)12/h2-3,5-6,8H,4,7,9H2,1H3. The Morgan fingerprint density at radius 2 is 2.14 bits per heavy atom. The van der Waals surface area contributed by atoms with E-state index >= 15 is 0 Å². The summed E-state index contributed by atoms with van der Waals surface area (Å²) in [6.45, 7) is 1.21. The van der Waals surface area contributed by atoms with Crippen molar-refractivity contribution in [2.75, 3.05) is 13.6 Å². The lowest BCUT2D eigenvalue weighted by Gasteiger charge is -2.15. The number of carbonyl (C=O) groups is 1. The average molecular weight is 195 g/mol. The summed E-state index contributed by atoms with van der Waals surface area (Å²) in [5, 5.41) is 0. The van der Waals surface area contributed by atoms with Crippen LogP contribution < -0.4 is 0 Å². The quantitative estimate of drug-likeness (QED) is 0.668. The molecular weight excluding hydrogens is 181 g/mol. The van der Waals surface area contributed by atoms with Crippen LogP contribution in [0.15, 0.2) is 24.3 Å². The van der Waals surface area contributed by atoms with Gasteiger partial charge in [0.15, 0.2) is 0 Å². The zero-order chi connectivity index (χ0) is 10.4. The lowest BCUT2D eigenvalue weighted by atomic mass is 10.2. The van der Waals surface area contributed by atoms with Crippen LogP contribution in [0.5, 0.6) is 0 Å². The van der Waals surface area contributed by atoms with Gasteiger partial charge in [-0.25, -0.2) is 4.39 Å². The maximum Gasteiger partial charge on any atom is 0.127 e. The number of aldehydes is 1. The highest BCUT2D eigenvalue weighted by Gasteiger charge is 2.03. The third-order valence-electron chi connectivity index (χ3n) is 2.03. The highest BCUT2D eigenvalue weighted by Crippen LogP contribution is 2.08. The van der Waals surface area contributed by atoms with Gasteiger partial charge in [-0.2, -0.15) is 0 Å². The number of hydrogen-bond donors (Lipinski definition) is 0. The van der Waals surface area contributed by atoms with Crippen molar-refractivity contribution >= 4 is 6.29 Å². The van der Waals surface area contributed by atoms with Gasteiger partial charge in [-0.15, -0.1) is 0 Å². The topological polar surface area (TPSA) is 20.3 Å². The minimum absolute atomic E-state index is 0.189. The SMILES string of the molecule is CN(CCC=O)Cc1ccccc1F. The van der Waals surface area contributed by atoms with Gasteiger partial charge in [0.1, 0.15) is 12.1 Å². The molecule has 1 aromatic carbocycles. The fourth-order valence-corrected chi connectivity index (χ4v) is 1.27. The van der Waals surface area contributed by atoms with Crippen LogP contribution in [0, 0.1) is 5.82 Å². The van der Waals surface area contributed by atoms with Crippen molar-refractivity contribution in [2.45, 2.75) is 13.0 Å². The lowest BCUT2D eigenvalue weighted by molar-refractivity contribution is -0.108. The Bertz CT molecular complexity index is 301. The Balaban J connectivity index is 2.51. The van der Waals surface area contributed by atoms with Gasteiger partial charge >= 0.3 is 0 Å². The molecule has 1 aromatic rings. The van der Waals surface area contributed by atoms with E-state index in [4.69, 9.17) is 0 Å². The van der Waals surface area contributed by atoms with Gasteiger partial charge in [-0.3, -0.25) is 0 Å². The van der Waals surface area contributed by atoms with Crippen molar-refractivity contribution in [3.05, 3.63) is 35.6 Å². The van der Waals surface area contributed by atoms with Crippen LogP contribution in [0.25, 0.3) is 0 Å². The summed E-state index contributed by atoms with van der Waals surface area (Å²) in [4.78, 5) is 12.1. The van der Waals surface area contributed by atoms with Gasteiger partial charge in [0.05, 0.1) is 0 Å². The van der Waals surface area contributed by atoms with Crippen LogP contribution in [0.3, 0.4) is 0 Å². The van der Waals surface area contributed by atoms with E-state index < -0.39 is 0 Å². The number of benzene rings is 1. The molecule has 0 saturated carbocycles. The maximum atomic E-state index is 13.2. The molecule has 0 saturated heterocycles. The molecular formula is C11H14FNO. The summed E-state index contributed by atoms with van der Waals surface area (Å²) in [6, 6.07) is 6.69. The third kappa shape index (κ3) is 3.26. The smallest absolute Gasteiger partial charge is 0.127 e. The zero-order valence-corrected chi connectivity index (χ0v) is 8.24. The molecule has 0 amide bonds. The van der Waals surface area contributed by atoms with Crippen LogP contribution in [0.1, 0.15) is 12.0 Å². The van der Waals surface area contributed by atoms with Crippen LogP contribution in [0.2, 0.25) is 0 Å². The molecule has 0 fully saturated rings. The highest BCUT2D eigenvalue weighted by atomic mass is 19.1. The Hall–Kier alpha value is -1.22. The second kappa shape index (κ2) is 5.50. The Kier molecular flexibility index (Phi) is 4.26. The first-order chi connectivity index (χ1) is 6.74. The molecule has 0 aliphatic rings. The molecule has 0 unspecified atom stereocenters. The normalized spacial score (nSPS) is 10.5. The minimum Gasteiger partial charge on any atom is -0.303 e. The van der Waals surface area contributed by atoms with Crippen molar-refractivity contribution in [1.29, 1.82) is 0 Å². The first-order valence-corrected chi connectivity index (χ1v) is 4.59. The molecule has 0 heterocycles. The van der Waals surface area contributed by atoms with Crippen LogP contribution in [-0.2, 0) is 11.3 Å². The van der Waals surface area contributed by atoms with Crippen molar-refractivity contribution in [3.63, 3.8) is 0 Å². The van der Waals surface area contributed by atoms with E-state index in [0.29, 0.717) is 25.1 Å². The number of halogens is 1. The van der Waals surface area contributed by atoms with Gasteiger partial charge in [-0.05, 0) is 13.1 Å². The monoisotopic (exact) mass is 195 g/mol. The van der Waals surface area contributed by atoms with E-state index in [2.05, 4.69) is 0 Å². The number of hydrogen-bond acceptors (Lipinski definition) is 2. The van der Waals surface area contributed by atoms with E-state index in [1.54, 1.807) is 12.1 Å². The van der Waals surface area contributed by atoms with Crippen molar-refractivity contribution < 1.29 is 9.18 Å². The molecule has 1 rings (SSSR count). The molecule has 2 nitrogen and oxygen atoms in total. The number of nitrogens with zero attached hydrogens (tertiary/aromatic N) is 1. The van der Waals surface area contributed by atoms with E-state index in [1.807, 2.05) is 18.0 Å². The van der Waals surface area contributed by atoms with Gasteiger partial charge in [0.2, 0.25) is 0 Å². The predicted octanol–water partition coefficient (Wildman–Crippen LogP) is 1.85. The fraction of sp³-hybridized carbons (Fsp3) is 0.364. The molecule has 0 atom stereocenters. The molecule has 0 radical (unpaired) electrons. The average Bonchev–Trinajstić information content (AvgIpc) is 2.18. The van der Waals surface area contributed by atoms with Crippen LogP contribution >= 0.6 is 0 Å². The lowest BCUT2D eigenvalue weighted by Crippen LogP contribution is -2.19. The van der Waals surface area contributed by atoms with Gasteiger partial charge < -0.3 is 9.69 Å². The fourth-order valence-electron chi connectivity index (χ4n) is 1.27. The van der Waals surface area contributed by atoms with E-state index in [9.17, 15) is 9.18 Å². The van der Waals surface area contributed by atoms with Gasteiger partial charge in [0, 0.05) is 25.1 Å². The van der Waals surface area contributed by atoms with E-state index in [0.717, 1.165) is 6.29 Å². The largest absolute Gasteiger partial charge is 0.303 e. The first kappa shape index (κ1) is 10.9. The summed E-state index contributed by atoms with van der Waals surface area (Å²) >= 11 is 0. The number of rotatable bonds is 5. The second-order valence-corrected chi connectivity index (χ2v) is 3.28. The summed E-state index contributed by atoms with van der Waals surface area (Å²) in [5.41, 5.74) is 0.667. The van der Waals surface area contributed by atoms with E-state index in [1.165, 1.54) is 6.07 Å². The first-order valence-electron chi connectivity index (χ1n) is 4.59. The summed E-state index contributed by atoms with van der Waals surface area (Å²) in [5.74, 6) is -0.189. The zero-order valence-electron chi connectivity index (χ0n) is 8.24. The number of carbonyl (C=O) groups excluding carboxylic acids is 1. The predicted molar refractivity (Wildman–Crippen MR) is 53.4 cm³/mol. The maximum absolute atomic E-state index is 13.2. The van der Waals surface area contributed by atoms with Crippen LogP contribution in [0.4, 0.5) is 4.39 Å².